The molecule has 82 heavy (non-hydrogen) atoms. The molecule has 3 aliphatic heterocycles. The average Bonchev–Trinajstić information content (AvgIpc) is 2.93. The maximum atomic E-state index is 13.8. The number of aryl methyl sites for hydroxylation is 1. The number of ether oxygens (including phenoxy) is 4. The van der Waals surface area contributed by atoms with Gasteiger partial charge in [0.15, 0.2) is 58.7 Å². The second-order valence-electron chi connectivity index (χ2n) is 17.9. The molecule has 3 aliphatic rings. The molecule has 44 heteroatoms. The van der Waals surface area contributed by atoms with Crippen molar-refractivity contribution in [3.05, 3.63) is 71.3 Å². The molecule has 8 unspecified atom stereocenters. The summed E-state index contributed by atoms with van der Waals surface area (Å²) in [5.74, 6) is -2.04. The molecule has 9 heterocycles. The van der Waals surface area contributed by atoms with Crippen LogP contribution in [0.5, 0.6) is 5.88 Å². The van der Waals surface area contributed by atoms with Crippen molar-refractivity contribution in [2.75, 3.05) is 37.1 Å². The maximum Gasteiger partial charge on any atom is 0.309 e. The number of nitrogen functional groups attached to an aromatic ring is 2. The van der Waals surface area contributed by atoms with Crippen molar-refractivity contribution >= 4 is 82.5 Å². The van der Waals surface area contributed by atoms with Crippen LogP contribution >= 0.6 is 31.3 Å². The van der Waals surface area contributed by atoms with Gasteiger partial charge in [0, 0.05) is 19.5 Å². The van der Waals surface area contributed by atoms with Gasteiger partial charge >= 0.3 is 5.65 Å². The first-order chi connectivity index (χ1) is 38.6. The summed E-state index contributed by atoms with van der Waals surface area (Å²) in [4.78, 5) is 95.2. The summed E-state index contributed by atoms with van der Waals surface area (Å²) in [6.45, 7) is -2.65. The summed E-state index contributed by atoms with van der Waals surface area (Å²) in [5.41, 5.74) is 10.2. The van der Waals surface area contributed by atoms with Gasteiger partial charge in [0.05, 0.1) is 32.9 Å². The first kappa shape index (κ1) is 59.2. The van der Waals surface area contributed by atoms with Gasteiger partial charge in [-0.3, -0.25) is 46.3 Å². The molecule has 16 atom stereocenters. The first-order valence-corrected chi connectivity index (χ1v) is 29.1. The van der Waals surface area contributed by atoms with Crippen molar-refractivity contribution in [1.82, 2.24) is 53.6 Å². The molecular weight excluding hydrogens is 1190 g/mol. The van der Waals surface area contributed by atoms with Gasteiger partial charge < -0.3 is 94.4 Å². The third-order valence-electron chi connectivity index (χ3n) is 12.5. The van der Waals surface area contributed by atoms with E-state index in [1.54, 1.807) is 0 Å². The molecule has 444 valence electrons. The van der Waals surface area contributed by atoms with Crippen molar-refractivity contribution in [3.63, 3.8) is 0 Å². The van der Waals surface area contributed by atoms with Crippen LogP contribution < -0.4 is 51.6 Å². The van der Waals surface area contributed by atoms with Crippen LogP contribution in [0.2, 0.25) is 0 Å². The smallest absolute Gasteiger partial charge is 0.309 e. The number of hydrogen-bond acceptors (Lipinski definition) is 34. The van der Waals surface area contributed by atoms with Crippen LogP contribution in [0.15, 0.2) is 54.4 Å². The molecule has 6 aromatic heterocycles. The Balaban J connectivity index is 0.843. The second-order valence-corrected chi connectivity index (χ2v) is 23.7. The zero-order chi connectivity index (χ0) is 59.0. The first-order valence-electron chi connectivity index (χ1n) is 23.2. The van der Waals surface area contributed by atoms with E-state index < -0.39 is 142 Å². The predicted molar refractivity (Wildman–Crippen MR) is 251 cm³/mol. The minimum atomic E-state index is -6.65. The number of phosphoric ester groups is 3. The van der Waals surface area contributed by atoms with E-state index in [2.05, 4.69) is 58.3 Å². The Morgan fingerprint density at radius 3 is 2.11 bits per heavy atom. The van der Waals surface area contributed by atoms with Gasteiger partial charge in [0.1, 0.15) is 61.0 Å². The number of fused-ring (bicyclic) bond motifs is 3. The monoisotopic (exact) mass is 1240 g/mol. The lowest BCUT2D eigenvalue weighted by molar-refractivity contribution is -0.745. The topological polar surface area (TPSA) is 563 Å². The Hall–Kier alpha value is -6.00. The Bertz CT molecular complexity index is 3810. The van der Waals surface area contributed by atoms with Crippen LogP contribution in [0, 0.1) is 5.82 Å². The van der Waals surface area contributed by atoms with Gasteiger partial charge in [-0.05, 0) is 17.7 Å². The Morgan fingerprint density at radius 2 is 1.43 bits per heavy atom. The number of aliphatic hydroxyl groups is 4. The lowest BCUT2D eigenvalue weighted by Crippen LogP contribution is -2.46. The number of hydrogen-bond donors (Lipinski definition) is 8. The fourth-order valence-corrected chi connectivity index (χ4v) is 13.3. The van der Waals surface area contributed by atoms with E-state index >= 15 is 0 Å². The number of nitrogens with two attached hydrogens (primary N) is 2. The Morgan fingerprint density at radius 1 is 0.768 bits per heavy atom. The molecule has 0 amide bonds. The minimum Gasteiger partial charge on any atom is -0.856 e. The van der Waals surface area contributed by atoms with E-state index in [-0.39, 0.29) is 51.8 Å². The van der Waals surface area contributed by atoms with Crippen molar-refractivity contribution < 1.29 is 118 Å². The number of methoxy groups -OCH3 is 1. The van der Waals surface area contributed by atoms with E-state index in [1.807, 2.05) is 0 Å². The molecule has 3 fully saturated rings. The number of aromatic amines is 1. The summed E-state index contributed by atoms with van der Waals surface area (Å²) in [5, 5.41) is 58.8. The number of aromatic nitrogens is 12. The van der Waals surface area contributed by atoms with Gasteiger partial charge in [-0.25, -0.2) is 42.5 Å². The zero-order valence-corrected chi connectivity index (χ0v) is 44.9. The number of rotatable bonds is 21. The van der Waals surface area contributed by atoms with Crippen LogP contribution in [-0.4, -0.2) is 149 Å². The summed E-state index contributed by atoms with van der Waals surface area (Å²) in [6, 6.07) is 5.45. The van der Waals surface area contributed by atoms with Gasteiger partial charge in [-0.15, -0.1) is 0 Å². The minimum absolute atomic E-state index is 0.0434. The largest absolute Gasteiger partial charge is 0.856 e. The summed E-state index contributed by atoms with van der Waals surface area (Å²) in [7, 11) is -22.8. The van der Waals surface area contributed by atoms with Crippen LogP contribution in [0.25, 0.3) is 33.5 Å². The lowest BCUT2D eigenvalue weighted by Gasteiger charge is -2.35. The molecule has 3 saturated heterocycles. The molecular formula is C38H42FN15O24P4-4. The number of anilines is 3. The number of H-pyrrole nitrogens is 1. The second kappa shape index (κ2) is 22.5. The van der Waals surface area contributed by atoms with Crippen LogP contribution in [-0.2, 0) is 77.5 Å². The fourth-order valence-electron chi connectivity index (χ4n) is 8.92. The highest BCUT2D eigenvalue weighted by Gasteiger charge is 2.52. The van der Waals surface area contributed by atoms with Crippen LogP contribution in [0.3, 0.4) is 0 Å². The van der Waals surface area contributed by atoms with Gasteiger partial charge in [0.25, 0.3) is 42.8 Å². The Kier molecular flexibility index (Phi) is 16.3. The predicted octanol–water partition coefficient (Wildman–Crippen LogP) is -5.33. The van der Waals surface area contributed by atoms with Crippen LogP contribution in [0.1, 0.15) is 24.2 Å². The highest BCUT2D eigenvalue weighted by Crippen LogP contribution is 2.63. The third-order valence-corrected chi connectivity index (χ3v) is 17.6. The molecule has 1 aromatic carbocycles. The fraction of sp³-hybridized carbons (Fsp3) is 0.447. The average molecular weight is 1240 g/mol. The quantitative estimate of drug-likeness (QED) is 0.0246. The van der Waals surface area contributed by atoms with Crippen molar-refractivity contribution in [2.45, 2.75) is 80.4 Å². The van der Waals surface area contributed by atoms with E-state index in [1.165, 1.54) is 42.2 Å². The van der Waals surface area contributed by atoms with Crippen molar-refractivity contribution in [1.29, 1.82) is 0 Å². The van der Waals surface area contributed by atoms with Crippen molar-refractivity contribution in [2.24, 2.45) is 7.05 Å². The number of aliphatic hydroxyl groups excluding tert-OH is 4. The van der Waals surface area contributed by atoms with Gasteiger partial charge in [-0.1, -0.05) is 17.1 Å². The summed E-state index contributed by atoms with van der Waals surface area (Å²) < 4.78 is 121. The highest BCUT2D eigenvalue weighted by molar-refractivity contribution is 7.65. The molecule has 0 spiro atoms. The van der Waals surface area contributed by atoms with Gasteiger partial charge in [-0.2, -0.15) is 4.98 Å². The highest BCUT2D eigenvalue weighted by atomic mass is 31.3. The maximum absolute atomic E-state index is 13.8. The van der Waals surface area contributed by atoms with E-state index in [9.17, 15) is 72.6 Å². The summed E-state index contributed by atoms with van der Waals surface area (Å²) in [6.07, 6.45) is -18.6. The molecule has 10 N–H and O–H groups in total. The molecule has 7 aromatic rings. The molecule has 10 rings (SSSR count). The van der Waals surface area contributed by atoms with Crippen molar-refractivity contribution in [3.8, 4) is 5.88 Å². The number of phosphoric acid groups is 4. The zero-order valence-electron chi connectivity index (χ0n) is 41.4. The number of nitrogens with zero attached hydrogens (tertiary/aromatic N) is 11. The van der Waals surface area contributed by atoms with Crippen LogP contribution in [0.4, 0.5) is 22.1 Å². The van der Waals surface area contributed by atoms with E-state index in [4.69, 9.17) is 44.0 Å². The SMILES string of the molecule is COC1[C@@H](OP(=O)([O-])O[C@H]2O[C@@H](n3cnc4c(=O)[nH]c(N)nc43)C(O)[C@H]2O)[C@@H](COP(=O)([O-])OP(=O)([O-])OP(=O)([O-])OC[C@H]2O[C@@H]([n+]3cn(C)c4c([O-])nc(N)nc43)C(O)C2O)O[C@H]1n1cnc2c(NCc3ccc(F)cc3)ncnc21. The number of imidazole rings is 3. The standard InChI is InChI=1S/C38H46FN15O24P4/c1-51-13-54(30-20(51)32(60)50-38(41)48-30)34-22(56)21(55)16(72-34)8-70-79(61,62)77-82(67,68)78-80(63,64)71-9-17-25(75-81(65,66)76-36-24(58)23(57)33(74-36)53-12-46-19-29(53)47-37(40)49-31(19)59)26(69-2)35(73-17)52-11-45-18-27(43-10-44-28(18)52)42-7-14-3-5-15(39)6-4-14/h3-6,10-13,16-17,21-26,33-36,55-58H,7-9H2,1-2H3,(H10-,40,41,42,43,44,47,48,49,50,59,60,61,62,63,64,65,66,67,68)/p-4/t16-,17-,21?,22?,23?,24-,25+,26?,33-,34-,35-,36-/m1/s1. The molecule has 0 bridgehead atoms. The summed E-state index contributed by atoms with van der Waals surface area (Å²) >= 11 is 0. The Labute approximate surface area is 454 Å². The normalized spacial score (nSPS) is 28.8. The molecule has 39 nitrogen and oxygen atoms in total. The number of benzene rings is 1. The molecule has 0 saturated carbocycles. The van der Waals surface area contributed by atoms with Gasteiger partial charge in [0.2, 0.25) is 12.2 Å². The number of nitrogens with one attached hydrogen (secondary N) is 2. The molecule has 0 aliphatic carbocycles. The third kappa shape index (κ3) is 12.0. The van der Waals surface area contributed by atoms with E-state index in [0.717, 1.165) is 39.8 Å². The van der Waals surface area contributed by atoms with E-state index in [0.29, 0.717) is 5.56 Å². The lowest BCUT2D eigenvalue weighted by atomic mass is 10.1. The molecule has 0 radical (unpaired) electrons. The number of halogens is 1.